The summed E-state index contributed by atoms with van der Waals surface area (Å²) in [6.07, 6.45) is 0.478. The fraction of sp³-hybridized carbons (Fsp3) is 0.167. The van der Waals surface area contributed by atoms with Gasteiger partial charge in [0.1, 0.15) is 5.70 Å². The molecule has 1 aliphatic heterocycles. The first kappa shape index (κ1) is 12.1. The van der Waals surface area contributed by atoms with Gasteiger partial charge < -0.3 is 10.2 Å². The minimum Gasteiger partial charge on any atom is -0.329 e. The maximum Gasteiger partial charge on any atom is 0.274 e. The van der Waals surface area contributed by atoms with Crippen LogP contribution in [0.4, 0.5) is 0 Å². The first-order chi connectivity index (χ1) is 8.76. The number of nitrogens with zero attached hydrogens (tertiary/aromatic N) is 1. The van der Waals surface area contributed by atoms with Gasteiger partial charge >= 0.3 is 0 Å². The quantitative estimate of drug-likeness (QED) is 0.504. The van der Waals surface area contributed by atoms with Crippen molar-refractivity contribution in [1.29, 1.82) is 0 Å². The molecule has 2 rings (SSSR count). The fourth-order valence-corrected chi connectivity index (χ4v) is 1.86. The Morgan fingerprint density at radius 2 is 2.06 bits per heavy atom. The zero-order valence-electron chi connectivity index (χ0n) is 9.59. The molecule has 18 heavy (non-hydrogen) atoms. The van der Waals surface area contributed by atoms with E-state index in [1.165, 1.54) is 4.90 Å². The van der Waals surface area contributed by atoms with Crippen LogP contribution in [-0.4, -0.2) is 29.0 Å². The second-order valence-electron chi connectivity index (χ2n) is 3.87. The molecule has 0 saturated heterocycles. The summed E-state index contributed by atoms with van der Waals surface area (Å²) in [5, 5.41) is 11.3. The van der Waals surface area contributed by atoms with Crippen molar-refractivity contribution in [2.75, 3.05) is 6.54 Å². The number of amides is 2. The topological polar surface area (TPSA) is 81.7 Å². The summed E-state index contributed by atoms with van der Waals surface area (Å²) >= 11 is 0. The van der Waals surface area contributed by atoms with E-state index in [0.717, 1.165) is 5.56 Å². The highest BCUT2D eigenvalue weighted by molar-refractivity contribution is 5.96. The Balaban J connectivity index is 2.11. The molecule has 0 unspecified atom stereocenters. The van der Waals surface area contributed by atoms with E-state index < -0.39 is 0 Å². The standard InChI is InChI=1S/C12H13N3O3/c16-8-13-10-7-15(12(17)11(10)14-18)6-9-4-2-1-3-5-9/h1-5,8,14,18H,6-7H2,(H,13,16). The molecule has 0 saturated carbocycles. The van der Waals surface area contributed by atoms with E-state index in [4.69, 9.17) is 5.21 Å². The van der Waals surface area contributed by atoms with Gasteiger partial charge in [0.15, 0.2) is 0 Å². The van der Waals surface area contributed by atoms with Crippen molar-refractivity contribution in [3.05, 3.63) is 47.3 Å². The van der Waals surface area contributed by atoms with Crippen molar-refractivity contribution < 1.29 is 14.8 Å². The fourth-order valence-electron chi connectivity index (χ4n) is 1.86. The third kappa shape index (κ3) is 2.33. The van der Waals surface area contributed by atoms with Crippen LogP contribution in [0.2, 0.25) is 0 Å². The summed E-state index contributed by atoms with van der Waals surface area (Å²) in [6, 6.07) is 9.49. The molecule has 1 aromatic rings. The largest absolute Gasteiger partial charge is 0.329 e. The molecule has 0 atom stereocenters. The van der Waals surface area contributed by atoms with E-state index in [2.05, 4.69) is 5.32 Å². The zero-order chi connectivity index (χ0) is 13.0. The van der Waals surface area contributed by atoms with Gasteiger partial charge in [-0.1, -0.05) is 30.3 Å². The highest BCUT2D eigenvalue weighted by Crippen LogP contribution is 2.17. The van der Waals surface area contributed by atoms with Gasteiger partial charge in [0.05, 0.1) is 12.2 Å². The summed E-state index contributed by atoms with van der Waals surface area (Å²) < 4.78 is 0. The number of hydrogen-bond acceptors (Lipinski definition) is 4. The van der Waals surface area contributed by atoms with Gasteiger partial charge in [-0.2, -0.15) is 0 Å². The van der Waals surface area contributed by atoms with Crippen molar-refractivity contribution in [2.45, 2.75) is 6.54 Å². The molecule has 1 aliphatic rings. The summed E-state index contributed by atoms with van der Waals surface area (Å²) in [5.74, 6) is -0.342. The van der Waals surface area contributed by atoms with Crippen molar-refractivity contribution in [1.82, 2.24) is 15.7 Å². The number of carbonyl (C=O) groups excluding carboxylic acids is 2. The molecular formula is C12H13N3O3. The SMILES string of the molecule is O=CNC1=C(NO)C(=O)N(Cc2ccccc2)C1. The lowest BCUT2D eigenvalue weighted by molar-refractivity contribution is -0.127. The number of benzene rings is 1. The summed E-state index contributed by atoms with van der Waals surface area (Å²) in [5.41, 5.74) is 3.19. The predicted molar refractivity (Wildman–Crippen MR) is 63.0 cm³/mol. The monoisotopic (exact) mass is 247 g/mol. The Bertz CT molecular complexity index is 485. The van der Waals surface area contributed by atoms with Crippen LogP contribution in [-0.2, 0) is 16.1 Å². The predicted octanol–water partition coefficient (Wildman–Crippen LogP) is -0.0348. The highest BCUT2D eigenvalue weighted by atomic mass is 16.5. The second-order valence-corrected chi connectivity index (χ2v) is 3.87. The van der Waals surface area contributed by atoms with E-state index in [1.807, 2.05) is 35.8 Å². The minimum absolute atomic E-state index is 0.0121. The molecule has 6 nitrogen and oxygen atoms in total. The molecular weight excluding hydrogens is 234 g/mol. The number of nitrogens with one attached hydrogen (secondary N) is 2. The summed E-state index contributed by atoms with van der Waals surface area (Å²) in [7, 11) is 0. The normalized spacial score (nSPS) is 14.9. The first-order valence-corrected chi connectivity index (χ1v) is 5.43. The lowest BCUT2D eigenvalue weighted by Gasteiger charge is -2.16. The van der Waals surface area contributed by atoms with Crippen LogP contribution >= 0.6 is 0 Å². The Hall–Kier alpha value is -2.34. The smallest absolute Gasteiger partial charge is 0.274 e. The highest BCUT2D eigenvalue weighted by Gasteiger charge is 2.30. The van der Waals surface area contributed by atoms with Crippen molar-refractivity contribution >= 4 is 12.3 Å². The third-order valence-corrected chi connectivity index (χ3v) is 2.71. The molecule has 0 aliphatic carbocycles. The Morgan fingerprint density at radius 1 is 1.33 bits per heavy atom. The van der Waals surface area contributed by atoms with Crippen LogP contribution < -0.4 is 10.8 Å². The lowest BCUT2D eigenvalue weighted by Crippen LogP contribution is -2.29. The van der Waals surface area contributed by atoms with Crippen LogP contribution in [0.1, 0.15) is 5.56 Å². The van der Waals surface area contributed by atoms with Gasteiger partial charge in [0.2, 0.25) is 6.41 Å². The number of hydrogen-bond donors (Lipinski definition) is 3. The average Bonchev–Trinajstić information content (AvgIpc) is 2.67. The summed E-state index contributed by atoms with van der Waals surface area (Å²) in [4.78, 5) is 23.9. The molecule has 94 valence electrons. The Morgan fingerprint density at radius 3 is 2.67 bits per heavy atom. The van der Waals surface area contributed by atoms with Gasteiger partial charge in [-0.15, -0.1) is 0 Å². The maximum atomic E-state index is 11.9. The molecule has 1 heterocycles. The first-order valence-electron chi connectivity index (χ1n) is 5.43. The number of carbonyl (C=O) groups is 2. The molecule has 0 spiro atoms. The Labute approximate surface area is 104 Å². The molecule has 0 radical (unpaired) electrons. The minimum atomic E-state index is -0.342. The molecule has 6 heteroatoms. The molecule has 1 aromatic carbocycles. The molecule has 3 N–H and O–H groups in total. The van der Waals surface area contributed by atoms with Crippen LogP contribution in [0.3, 0.4) is 0 Å². The second kappa shape index (κ2) is 5.33. The number of hydroxylamine groups is 1. The van der Waals surface area contributed by atoms with Gasteiger partial charge in [-0.3, -0.25) is 20.3 Å². The van der Waals surface area contributed by atoms with Crippen molar-refractivity contribution in [3.8, 4) is 0 Å². The van der Waals surface area contributed by atoms with Crippen LogP contribution in [0, 0.1) is 0 Å². The van der Waals surface area contributed by atoms with Crippen LogP contribution in [0.5, 0.6) is 0 Å². The molecule has 0 fully saturated rings. The Kier molecular flexibility index (Phi) is 3.59. The van der Waals surface area contributed by atoms with E-state index >= 15 is 0 Å². The molecule has 0 aromatic heterocycles. The van der Waals surface area contributed by atoms with E-state index in [1.54, 1.807) is 0 Å². The molecule has 0 bridgehead atoms. The maximum absolute atomic E-state index is 11.9. The lowest BCUT2D eigenvalue weighted by atomic mass is 10.2. The van der Waals surface area contributed by atoms with Crippen molar-refractivity contribution in [3.63, 3.8) is 0 Å². The average molecular weight is 247 g/mol. The van der Waals surface area contributed by atoms with Crippen LogP contribution in [0.25, 0.3) is 0 Å². The molecule has 2 amide bonds. The van der Waals surface area contributed by atoms with E-state index in [-0.39, 0.29) is 18.1 Å². The number of rotatable bonds is 5. The van der Waals surface area contributed by atoms with Gasteiger partial charge in [-0.25, -0.2) is 0 Å². The third-order valence-electron chi connectivity index (χ3n) is 2.71. The summed E-state index contributed by atoms with van der Waals surface area (Å²) in [6.45, 7) is 0.685. The van der Waals surface area contributed by atoms with E-state index in [0.29, 0.717) is 18.7 Å². The van der Waals surface area contributed by atoms with E-state index in [9.17, 15) is 9.59 Å². The van der Waals surface area contributed by atoms with Gasteiger partial charge in [0.25, 0.3) is 5.91 Å². The van der Waals surface area contributed by atoms with Crippen LogP contribution in [0.15, 0.2) is 41.7 Å². The van der Waals surface area contributed by atoms with Crippen molar-refractivity contribution in [2.24, 2.45) is 0 Å². The van der Waals surface area contributed by atoms with Gasteiger partial charge in [-0.05, 0) is 5.56 Å². The zero-order valence-corrected chi connectivity index (χ0v) is 9.59. The van der Waals surface area contributed by atoms with Gasteiger partial charge in [0, 0.05) is 6.54 Å².